The van der Waals surface area contributed by atoms with Crippen LogP contribution in [0.15, 0.2) is 45.3 Å². The largest absolute Gasteiger partial charge is 0.435 e. The molecule has 2 aromatic rings. The molecule has 2 aromatic carbocycles. The molecule has 0 amide bonds. The van der Waals surface area contributed by atoms with E-state index in [1.54, 1.807) is 12.1 Å². The number of halogens is 5. The molecule has 0 heterocycles. The van der Waals surface area contributed by atoms with Crippen molar-refractivity contribution in [2.75, 3.05) is 0 Å². The number of aryl methyl sites for hydroxylation is 1. The summed E-state index contributed by atoms with van der Waals surface area (Å²) in [6, 6.07) is 10.3. The number of benzene rings is 2. The topological polar surface area (TPSA) is 9.23 Å². The molecule has 0 spiro atoms. The van der Waals surface area contributed by atoms with E-state index in [-0.39, 0.29) is 5.75 Å². The van der Waals surface area contributed by atoms with E-state index >= 15 is 0 Å². The lowest BCUT2D eigenvalue weighted by molar-refractivity contribution is -0.0498. The molecule has 0 aliphatic rings. The average molecular weight is 441 g/mol. The maximum Gasteiger partial charge on any atom is 0.387 e. The summed E-state index contributed by atoms with van der Waals surface area (Å²) in [6.45, 7) is -0.881. The predicted octanol–water partition coefficient (Wildman–Crippen LogP) is 6.45. The Labute approximate surface area is 143 Å². The number of alkyl halides is 3. The summed E-state index contributed by atoms with van der Waals surface area (Å²) in [6.07, 6.45) is 0. The second-order valence-corrected chi connectivity index (χ2v) is 6.58. The van der Waals surface area contributed by atoms with Gasteiger partial charge in [0.25, 0.3) is 0 Å². The highest BCUT2D eigenvalue weighted by atomic mass is 79.9. The van der Waals surface area contributed by atoms with Crippen LogP contribution in [0.5, 0.6) is 5.75 Å². The summed E-state index contributed by atoms with van der Waals surface area (Å²) in [5, 5.41) is -0.475. The van der Waals surface area contributed by atoms with E-state index in [0.717, 1.165) is 20.1 Å². The zero-order valence-electron chi connectivity index (χ0n) is 10.9. The molecule has 1 unspecified atom stereocenters. The zero-order chi connectivity index (χ0) is 15.6. The molecule has 112 valence electrons. The number of rotatable bonds is 4. The molecule has 21 heavy (non-hydrogen) atoms. The minimum atomic E-state index is -2.85. The first-order valence-electron chi connectivity index (χ1n) is 6.03. The Hall–Kier alpha value is -0.650. The second kappa shape index (κ2) is 7.07. The molecule has 0 fully saturated rings. The smallest absolute Gasteiger partial charge is 0.387 e. The quantitative estimate of drug-likeness (QED) is 0.497. The molecule has 0 saturated heterocycles. The third kappa shape index (κ3) is 4.18. The van der Waals surface area contributed by atoms with Gasteiger partial charge < -0.3 is 4.74 Å². The minimum absolute atomic E-state index is 0.0930. The summed E-state index contributed by atoms with van der Waals surface area (Å²) in [7, 11) is 0. The molecule has 1 nitrogen and oxygen atoms in total. The Morgan fingerprint density at radius 3 is 2.48 bits per heavy atom. The van der Waals surface area contributed by atoms with Gasteiger partial charge in [-0.05, 0) is 47.9 Å². The van der Waals surface area contributed by atoms with Gasteiger partial charge in [0.1, 0.15) is 5.75 Å². The maximum atomic E-state index is 12.3. The third-order valence-corrected chi connectivity index (χ3v) is 4.96. The standard InChI is InChI=1S/C15H11Br2ClF2O/c1-8-5-13(17)11(7-12(8)16)14(18)9-3-2-4-10(6-9)21-15(19)20/h2-7,14-15H,1H3. The number of hydrogen-bond acceptors (Lipinski definition) is 1. The Balaban J connectivity index is 2.36. The fourth-order valence-electron chi connectivity index (χ4n) is 1.88. The first kappa shape index (κ1) is 16.7. The van der Waals surface area contributed by atoms with E-state index in [1.807, 2.05) is 19.1 Å². The summed E-state index contributed by atoms with van der Waals surface area (Å²) in [5.74, 6) is 0.0930. The van der Waals surface area contributed by atoms with Gasteiger partial charge in [-0.2, -0.15) is 8.78 Å². The average Bonchev–Trinajstić information content (AvgIpc) is 2.41. The molecule has 0 aliphatic heterocycles. The van der Waals surface area contributed by atoms with Gasteiger partial charge in [0.05, 0.1) is 5.38 Å². The van der Waals surface area contributed by atoms with Gasteiger partial charge in [-0.1, -0.05) is 44.0 Å². The van der Waals surface area contributed by atoms with Crippen molar-refractivity contribution in [1.29, 1.82) is 0 Å². The van der Waals surface area contributed by atoms with Crippen LogP contribution in [0.2, 0.25) is 0 Å². The third-order valence-electron chi connectivity index (χ3n) is 2.93. The van der Waals surface area contributed by atoms with Crippen LogP contribution >= 0.6 is 43.5 Å². The van der Waals surface area contributed by atoms with Crippen molar-refractivity contribution in [3.8, 4) is 5.75 Å². The molecule has 0 aliphatic carbocycles. The van der Waals surface area contributed by atoms with Gasteiger partial charge in [-0.3, -0.25) is 0 Å². The molecule has 1 atom stereocenters. The van der Waals surface area contributed by atoms with Crippen LogP contribution in [0.25, 0.3) is 0 Å². The lowest BCUT2D eigenvalue weighted by Crippen LogP contribution is -2.03. The van der Waals surface area contributed by atoms with E-state index < -0.39 is 12.0 Å². The lowest BCUT2D eigenvalue weighted by atomic mass is 10.0. The molecular weight excluding hydrogens is 429 g/mol. The fourth-order valence-corrected chi connectivity index (χ4v) is 3.38. The van der Waals surface area contributed by atoms with Gasteiger partial charge in [-0.25, -0.2) is 0 Å². The molecule has 0 bridgehead atoms. The van der Waals surface area contributed by atoms with E-state index in [1.165, 1.54) is 12.1 Å². The Morgan fingerprint density at radius 2 is 1.81 bits per heavy atom. The summed E-state index contributed by atoms with van der Waals surface area (Å²) in [4.78, 5) is 0. The van der Waals surface area contributed by atoms with Crippen LogP contribution in [0.3, 0.4) is 0 Å². The van der Waals surface area contributed by atoms with Gasteiger partial charge in [-0.15, -0.1) is 11.6 Å². The molecule has 0 radical (unpaired) electrons. The van der Waals surface area contributed by atoms with Gasteiger partial charge in [0.2, 0.25) is 0 Å². The van der Waals surface area contributed by atoms with Crippen molar-refractivity contribution in [3.63, 3.8) is 0 Å². The van der Waals surface area contributed by atoms with E-state index in [0.29, 0.717) is 5.56 Å². The molecule has 2 rings (SSSR count). The first-order valence-corrected chi connectivity index (χ1v) is 8.05. The Kier molecular flexibility index (Phi) is 5.63. The highest BCUT2D eigenvalue weighted by Crippen LogP contribution is 2.37. The SMILES string of the molecule is Cc1cc(Br)c(C(Cl)c2cccc(OC(F)F)c2)cc1Br. The minimum Gasteiger partial charge on any atom is -0.435 e. The maximum absolute atomic E-state index is 12.3. The van der Waals surface area contributed by atoms with E-state index in [9.17, 15) is 8.78 Å². The van der Waals surface area contributed by atoms with Gasteiger partial charge in [0, 0.05) is 8.95 Å². The zero-order valence-corrected chi connectivity index (χ0v) is 14.8. The van der Waals surface area contributed by atoms with Crippen molar-refractivity contribution in [2.24, 2.45) is 0 Å². The van der Waals surface area contributed by atoms with Crippen LogP contribution in [-0.2, 0) is 0 Å². The summed E-state index contributed by atoms with van der Waals surface area (Å²) < 4.78 is 30.7. The summed E-state index contributed by atoms with van der Waals surface area (Å²) >= 11 is 13.4. The highest BCUT2D eigenvalue weighted by Gasteiger charge is 2.17. The van der Waals surface area contributed by atoms with Crippen molar-refractivity contribution in [3.05, 3.63) is 62.0 Å². The Bertz CT molecular complexity index is 650. The van der Waals surface area contributed by atoms with Crippen LogP contribution in [0, 0.1) is 6.92 Å². The Morgan fingerprint density at radius 1 is 1.10 bits per heavy atom. The highest BCUT2D eigenvalue weighted by molar-refractivity contribution is 9.11. The second-order valence-electron chi connectivity index (χ2n) is 4.44. The van der Waals surface area contributed by atoms with Crippen LogP contribution in [0.4, 0.5) is 8.78 Å². The van der Waals surface area contributed by atoms with E-state index in [2.05, 4.69) is 36.6 Å². The normalized spacial score (nSPS) is 12.5. The van der Waals surface area contributed by atoms with Crippen LogP contribution in [-0.4, -0.2) is 6.61 Å². The van der Waals surface area contributed by atoms with Crippen molar-refractivity contribution in [2.45, 2.75) is 18.9 Å². The first-order chi connectivity index (χ1) is 9.88. The van der Waals surface area contributed by atoms with Crippen molar-refractivity contribution >= 4 is 43.5 Å². The van der Waals surface area contributed by atoms with Gasteiger partial charge >= 0.3 is 6.61 Å². The molecule has 6 heteroatoms. The molecule has 0 N–H and O–H groups in total. The molecular formula is C15H11Br2ClF2O. The number of ether oxygens (including phenoxy) is 1. The molecule has 0 saturated carbocycles. The van der Waals surface area contributed by atoms with Crippen molar-refractivity contribution < 1.29 is 13.5 Å². The summed E-state index contributed by atoms with van der Waals surface area (Å²) in [5.41, 5.74) is 2.61. The molecule has 0 aromatic heterocycles. The van der Waals surface area contributed by atoms with Crippen LogP contribution in [0.1, 0.15) is 22.1 Å². The fraction of sp³-hybridized carbons (Fsp3) is 0.200. The van der Waals surface area contributed by atoms with Crippen molar-refractivity contribution in [1.82, 2.24) is 0 Å². The lowest BCUT2D eigenvalue weighted by Gasteiger charge is -2.15. The predicted molar refractivity (Wildman–Crippen MR) is 87.3 cm³/mol. The van der Waals surface area contributed by atoms with Crippen LogP contribution < -0.4 is 4.74 Å². The van der Waals surface area contributed by atoms with E-state index in [4.69, 9.17) is 11.6 Å². The monoisotopic (exact) mass is 438 g/mol. The van der Waals surface area contributed by atoms with Gasteiger partial charge in [0.15, 0.2) is 0 Å². The number of hydrogen-bond donors (Lipinski definition) is 0.